The van der Waals surface area contributed by atoms with Gasteiger partial charge in [0.05, 0.1) is 0 Å². The zero-order valence-electron chi connectivity index (χ0n) is 10.9. The first-order chi connectivity index (χ1) is 6.85. The van der Waals surface area contributed by atoms with Gasteiger partial charge in [-0.1, -0.05) is 13.8 Å². The third kappa shape index (κ3) is 5.12. The fourth-order valence-corrected chi connectivity index (χ4v) is 4.12. The van der Waals surface area contributed by atoms with Gasteiger partial charge in [0.1, 0.15) is 0 Å². The monoisotopic (exact) mass is 235 g/mol. The summed E-state index contributed by atoms with van der Waals surface area (Å²) in [6.07, 6.45) is 0. The summed E-state index contributed by atoms with van der Waals surface area (Å²) in [5, 5.41) is 6.32. The highest BCUT2D eigenvalue weighted by molar-refractivity contribution is 7.57. The molecule has 0 fully saturated rings. The molecule has 0 heterocycles. The van der Waals surface area contributed by atoms with Crippen molar-refractivity contribution in [2.24, 2.45) is 0 Å². The second kappa shape index (κ2) is 6.64. The van der Waals surface area contributed by atoms with Gasteiger partial charge < -0.3 is 0 Å². The average Bonchev–Trinajstić information content (AvgIpc) is 2.01. The van der Waals surface area contributed by atoms with E-state index in [1.165, 1.54) is 0 Å². The molecule has 0 radical (unpaired) electrons. The molecule has 0 bridgehead atoms. The quantitative estimate of drug-likeness (QED) is 0.665. The van der Waals surface area contributed by atoms with E-state index in [4.69, 9.17) is 0 Å². The Bertz CT molecular complexity index is 201. The first-order valence-corrected chi connectivity index (χ1v) is 7.42. The van der Waals surface area contributed by atoms with Crippen LogP contribution >= 0.6 is 7.59 Å². The summed E-state index contributed by atoms with van der Waals surface area (Å²) in [6.45, 7) is 13.7. The molecule has 0 rings (SSSR count). The van der Waals surface area contributed by atoms with E-state index in [9.17, 15) is 4.57 Å². The summed E-state index contributed by atoms with van der Waals surface area (Å²) in [5.41, 5.74) is 0. The third-order valence-corrected chi connectivity index (χ3v) is 5.09. The molecule has 0 spiro atoms. The summed E-state index contributed by atoms with van der Waals surface area (Å²) < 4.78 is 14.7. The second-order valence-corrected chi connectivity index (χ2v) is 6.52. The molecule has 92 valence electrons. The van der Waals surface area contributed by atoms with Crippen molar-refractivity contribution < 1.29 is 4.57 Å². The Morgan fingerprint density at radius 3 is 1.53 bits per heavy atom. The Morgan fingerprint density at radius 1 is 1.00 bits per heavy atom. The van der Waals surface area contributed by atoms with Gasteiger partial charge in [0.15, 0.2) is 0 Å². The molecular weight excluding hydrogens is 209 g/mol. The minimum atomic E-state index is -2.61. The van der Waals surface area contributed by atoms with Gasteiger partial charge in [0, 0.05) is 25.2 Å². The Hall–Kier alpha value is 0.110. The first-order valence-electron chi connectivity index (χ1n) is 5.76. The SMILES string of the molecule is CCN(CC)P(=O)(NC(C)C)NC(C)C. The van der Waals surface area contributed by atoms with Gasteiger partial charge in [-0.3, -0.25) is 4.57 Å². The largest absolute Gasteiger partial charge is 0.282 e. The number of hydrogen-bond donors (Lipinski definition) is 2. The molecule has 0 aliphatic heterocycles. The van der Waals surface area contributed by atoms with Crippen LogP contribution in [0.5, 0.6) is 0 Å². The summed E-state index contributed by atoms with van der Waals surface area (Å²) in [7, 11) is -2.61. The van der Waals surface area contributed by atoms with Crippen LogP contribution in [0.4, 0.5) is 0 Å². The average molecular weight is 235 g/mol. The molecule has 0 amide bonds. The van der Waals surface area contributed by atoms with E-state index in [0.717, 1.165) is 13.1 Å². The number of hydrogen-bond acceptors (Lipinski definition) is 1. The van der Waals surface area contributed by atoms with Gasteiger partial charge in [-0.05, 0) is 27.7 Å². The van der Waals surface area contributed by atoms with E-state index in [0.29, 0.717) is 0 Å². The highest BCUT2D eigenvalue weighted by atomic mass is 31.2. The normalized spacial score (nSPS) is 13.1. The maximum atomic E-state index is 12.7. The first kappa shape index (κ1) is 15.1. The maximum absolute atomic E-state index is 12.7. The van der Waals surface area contributed by atoms with Crippen LogP contribution in [0.15, 0.2) is 0 Å². The lowest BCUT2D eigenvalue weighted by molar-refractivity contribution is 0.410. The van der Waals surface area contributed by atoms with Gasteiger partial charge in [-0.2, -0.15) is 0 Å². The smallest absolute Gasteiger partial charge is 0.271 e. The highest BCUT2D eigenvalue weighted by Gasteiger charge is 2.29. The fraction of sp³-hybridized carbons (Fsp3) is 1.00. The van der Waals surface area contributed by atoms with E-state index in [-0.39, 0.29) is 12.1 Å². The Balaban J connectivity index is 4.74. The maximum Gasteiger partial charge on any atom is 0.282 e. The van der Waals surface area contributed by atoms with Crippen LogP contribution in [0.2, 0.25) is 0 Å². The molecule has 0 saturated carbocycles. The highest BCUT2D eigenvalue weighted by Crippen LogP contribution is 2.41. The lowest BCUT2D eigenvalue weighted by Crippen LogP contribution is -2.40. The van der Waals surface area contributed by atoms with Crippen LogP contribution in [0, 0.1) is 0 Å². The molecule has 0 aliphatic rings. The topological polar surface area (TPSA) is 44.4 Å². The van der Waals surface area contributed by atoms with Crippen molar-refractivity contribution in [3.63, 3.8) is 0 Å². The summed E-state index contributed by atoms with van der Waals surface area (Å²) in [4.78, 5) is 0. The Labute approximate surface area is 94.3 Å². The molecule has 4 nitrogen and oxygen atoms in total. The molecule has 0 aromatic carbocycles. The van der Waals surface area contributed by atoms with E-state index < -0.39 is 7.59 Å². The molecule has 0 aliphatic carbocycles. The Kier molecular flexibility index (Phi) is 6.69. The van der Waals surface area contributed by atoms with Gasteiger partial charge in [0.2, 0.25) is 0 Å². The number of rotatable bonds is 7. The molecule has 15 heavy (non-hydrogen) atoms. The van der Waals surface area contributed by atoms with Crippen molar-refractivity contribution in [1.29, 1.82) is 0 Å². The van der Waals surface area contributed by atoms with Gasteiger partial charge >= 0.3 is 0 Å². The molecule has 0 atom stereocenters. The molecule has 0 aromatic heterocycles. The van der Waals surface area contributed by atoms with Crippen molar-refractivity contribution in [3.05, 3.63) is 0 Å². The van der Waals surface area contributed by atoms with Crippen LogP contribution in [0.3, 0.4) is 0 Å². The predicted octanol–water partition coefficient (Wildman–Crippen LogP) is 2.43. The summed E-state index contributed by atoms with van der Waals surface area (Å²) in [5.74, 6) is 0. The second-order valence-electron chi connectivity index (χ2n) is 4.28. The van der Waals surface area contributed by atoms with Crippen LogP contribution in [-0.4, -0.2) is 29.8 Å². The van der Waals surface area contributed by atoms with Crippen LogP contribution in [0.25, 0.3) is 0 Å². The molecular formula is C10H26N3OP. The minimum absolute atomic E-state index is 0.211. The fourth-order valence-electron chi connectivity index (χ4n) is 1.52. The van der Waals surface area contributed by atoms with E-state index >= 15 is 0 Å². The molecule has 2 N–H and O–H groups in total. The predicted molar refractivity (Wildman–Crippen MR) is 67.1 cm³/mol. The van der Waals surface area contributed by atoms with Crippen molar-refractivity contribution >= 4 is 7.59 Å². The molecule has 0 unspecified atom stereocenters. The van der Waals surface area contributed by atoms with Gasteiger partial charge in [-0.25, -0.2) is 14.8 Å². The van der Waals surface area contributed by atoms with Gasteiger partial charge in [0.25, 0.3) is 7.59 Å². The standard InChI is InChI=1S/C10H26N3OP/c1-7-13(8-2)15(14,11-9(3)4)12-10(5)6/h9-10H,7-8H2,1-6H3,(H2,11,12,14). The van der Waals surface area contributed by atoms with Crippen LogP contribution in [0.1, 0.15) is 41.5 Å². The third-order valence-electron chi connectivity index (χ3n) is 1.99. The van der Waals surface area contributed by atoms with E-state index in [1.807, 2.05) is 46.2 Å². The molecule has 0 aromatic rings. The van der Waals surface area contributed by atoms with E-state index in [2.05, 4.69) is 10.2 Å². The van der Waals surface area contributed by atoms with E-state index in [1.54, 1.807) is 0 Å². The lowest BCUT2D eigenvalue weighted by Gasteiger charge is -2.33. The zero-order chi connectivity index (χ0) is 12.1. The summed E-state index contributed by atoms with van der Waals surface area (Å²) >= 11 is 0. The Morgan fingerprint density at radius 2 is 1.33 bits per heavy atom. The van der Waals surface area contributed by atoms with Crippen molar-refractivity contribution in [3.8, 4) is 0 Å². The zero-order valence-corrected chi connectivity index (χ0v) is 11.8. The number of nitrogens with zero attached hydrogens (tertiary/aromatic N) is 1. The molecule has 0 saturated heterocycles. The molecule has 5 heteroatoms. The van der Waals surface area contributed by atoms with Crippen LogP contribution in [-0.2, 0) is 4.57 Å². The van der Waals surface area contributed by atoms with Gasteiger partial charge in [-0.15, -0.1) is 0 Å². The van der Waals surface area contributed by atoms with Crippen molar-refractivity contribution in [2.45, 2.75) is 53.6 Å². The van der Waals surface area contributed by atoms with Crippen LogP contribution < -0.4 is 10.2 Å². The summed E-state index contributed by atoms with van der Waals surface area (Å²) in [6, 6.07) is 0.422. The number of nitrogens with one attached hydrogen (secondary N) is 2. The van der Waals surface area contributed by atoms with Crippen molar-refractivity contribution in [1.82, 2.24) is 14.8 Å². The minimum Gasteiger partial charge on any atom is -0.271 e. The van der Waals surface area contributed by atoms with Crippen molar-refractivity contribution in [2.75, 3.05) is 13.1 Å². The lowest BCUT2D eigenvalue weighted by atomic mass is 10.4.